The second kappa shape index (κ2) is 7.32. The van der Waals surface area contributed by atoms with Crippen LogP contribution in [0.2, 0.25) is 0 Å². The number of amides is 2. The van der Waals surface area contributed by atoms with E-state index in [0.717, 1.165) is 18.9 Å². The number of benzene rings is 1. The summed E-state index contributed by atoms with van der Waals surface area (Å²) < 4.78 is 0. The minimum atomic E-state index is -0.111. The van der Waals surface area contributed by atoms with Crippen LogP contribution >= 0.6 is 0 Å². The van der Waals surface area contributed by atoms with Gasteiger partial charge in [0.2, 0.25) is 11.8 Å². The monoisotopic (exact) mass is 392 g/mol. The summed E-state index contributed by atoms with van der Waals surface area (Å²) in [6.07, 6.45) is 6.43. The van der Waals surface area contributed by atoms with Crippen LogP contribution < -0.4 is 10.6 Å². The highest BCUT2D eigenvalue weighted by atomic mass is 16.2. The fourth-order valence-corrected chi connectivity index (χ4v) is 5.50. The van der Waals surface area contributed by atoms with Crippen molar-refractivity contribution in [3.8, 4) is 0 Å². The number of nitrogens with one attached hydrogen (secondary N) is 2. The minimum absolute atomic E-state index is 0.0188. The van der Waals surface area contributed by atoms with Crippen LogP contribution in [-0.2, 0) is 9.59 Å². The summed E-state index contributed by atoms with van der Waals surface area (Å²) in [5.74, 6) is 2.33. The maximum Gasteiger partial charge on any atom is 0.233 e. The number of imide groups is 1. The fraction of sp³-hybridized carbons (Fsp3) is 0.522. The zero-order chi connectivity index (χ0) is 20.0. The Kier molecular flexibility index (Phi) is 4.64. The van der Waals surface area contributed by atoms with Gasteiger partial charge in [0.05, 0.1) is 11.8 Å². The van der Waals surface area contributed by atoms with Crippen molar-refractivity contribution in [2.75, 3.05) is 26.7 Å². The molecule has 2 amide bonds. The molecule has 1 saturated heterocycles. The summed E-state index contributed by atoms with van der Waals surface area (Å²) in [7, 11) is 1.75. The Morgan fingerprint density at radius 2 is 1.72 bits per heavy atom. The molecule has 6 heteroatoms. The number of likely N-dealkylation sites (tertiary alicyclic amines) is 1. The Bertz CT molecular complexity index is 835. The first-order chi connectivity index (χ1) is 14.2. The highest BCUT2D eigenvalue weighted by Gasteiger charge is 2.58. The molecule has 29 heavy (non-hydrogen) atoms. The molecular formula is C23H28N4O2. The van der Waals surface area contributed by atoms with Gasteiger partial charge < -0.3 is 10.6 Å². The number of hydrogen-bond donors (Lipinski definition) is 2. The summed E-state index contributed by atoms with van der Waals surface area (Å²) in [6.45, 7) is 1.80. The Morgan fingerprint density at radius 1 is 1.03 bits per heavy atom. The number of allylic oxidation sites excluding steroid dienone is 2. The maximum absolute atomic E-state index is 12.7. The average Bonchev–Trinajstić information content (AvgIpc) is 3.09. The Hall–Kier alpha value is -2.63. The van der Waals surface area contributed by atoms with E-state index in [1.165, 1.54) is 16.9 Å². The van der Waals surface area contributed by atoms with Crippen molar-refractivity contribution in [2.24, 2.45) is 34.6 Å². The van der Waals surface area contributed by atoms with Crippen molar-refractivity contribution in [3.05, 3.63) is 48.0 Å². The third kappa shape index (κ3) is 3.24. The second-order valence-electron chi connectivity index (χ2n) is 8.72. The molecule has 152 valence electrons. The van der Waals surface area contributed by atoms with Crippen molar-refractivity contribution < 1.29 is 9.59 Å². The van der Waals surface area contributed by atoms with Crippen molar-refractivity contribution in [3.63, 3.8) is 0 Å². The van der Waals surface area contributed by atoms with Gasteiger partial charge in [0, 0.05) is 26.7 Å². The van der Waals surface area contributed by atoms with Gasteiger partial charge in [0.1, 0.15) is 0 Å². The molecule has 1 aromatic carbocycles. The SMILES string of the molecule is CN=C(NCCN1C(=O)C2C3C=CC(C3)C2C1=O)NCC1CC1c1ccccc1. The molecule has 6 nitrogen and oxygen atoms in total. The van der Waals surface area contributed by atoms with E-state index in [9.17, 15) is 9.59 Å². The van der Waals surface area contributed by atoms with Gasteiger partial charge in [-0.25, -0.2) is 0 Å². The van der Waals surface area contributed by atoms with Gasteiger partial charge in [-0.1, -0.05) is 42.5 Å². The Morgan fingerprint density at radius 3 is 2.38 bits per heavy atom. The zero-order valence-corrected chi connectivity index (χ0v) is 16.8. The maximum atomic E-state index is 12.7. The average molecular weight is 393 g/mol. The summed E-state index contributed by atoms with van der Waals surface area (Å²) in [5, 5.41) is 6.64. The highest BCUT2D eigenvalue weighted by molar-refractivity contribution is 6.06. The number of carbonyl (C=O) groups excluding carboxylic acids is 2. The summed E-state index contributed by atoms with van der Waals surface area (Å²) >= 11 is 0. The number of guanidine groups is 1. The molecule has 5 rings (SSSR count). The van der Waals surface area contributed by atoms with E-state index in [4.69, 9.17) is 0 Å². The van der Waals surface area contributed by atoms with Gasteiger partial charge in [-0.3, -0.25) is 19.5 Å². The van der Waals surface area contributed by atoms with Gasteiger partial charge >= 0.3 is 0 Å². The quantitative estimate of drug-likeness (QED) is 0.335. The lowest BCUT2D eigenvalue weighted by atomic mass is 9.85. The van der Waals surface area contributed by atoms with Crippen molar-refractivity contribution in [1.82, 2.24) is 15.5 Å². The van der Waals surface area contributed by atoms with Gasteiger partial charge in [0.25, 0.3) is 0 Å². The van der Waals surface area contributed by atoms with Gasteiger partial charge in [-0.05, 0) is 42.1 Å². The van der Waals surface area contributed by atoms with Crippen LogP contribution in [0.1, 0.15) is 24.3 Å². The number of carbonyl (C=O) groups is 2. The lowest BCUT2D eigenvalue weighted by Crippen LogP contribution is -2.44. The van der Waals surface area contributed by atoms with Crippen LogP contribution in [-0.4, -0.2) is 49.4 Å². The van der Waals surface area contributed by atoms with Crippen LogP contribution in [0.4, 0.5) is 0 Å². The number of fused-ring (bicyclic) bond motifs is 5. The zero-order valence-electron chi connectivity index (χ0n) is 16.8. The molecule has 0 radical (unpaired) electrons. The van der Waals surface area contributed by atoms with Gasteiger partial charge in [0.15, 0.2) is 5.96 Å². The molecule has 3 aliphatic carbocycles. The minimum Gasteiger partial charge on any atom is -0.356 e. The largest absolute Gasteiger partial charge is 0.356 e. The number of nitrogens with zero attached hydrogens (tertiary/aromatic N) is 2. The molecule has 2 saturated carbocycles. The third-order valence-corrected chi connectivity index (χ3v) is 7.10. The standard InChI is InChI=1S/C23H28N4O2/c1-24-23(26-13-17-12-18(17)14-5-3-2-4-6-14)25-9-10-27-21(28)19-15-7-8-16(11-15)20(19)22(27)29/h2-8,15-20H,9-13H2,1H3,(H2,24,25,26). The van der Waals surface area contributed by atoms with E-state index in [-0.39, 0.29) is 35.5 Å². The molecule has 1 heterocycles. The first kappa shape index (κ1) is 18.4. The molecule has 3 fully saturated rings. The van der Waals surface area contributed by atoms with Crippen molar-refractivity contribution in [2.45, 2.75) is 18.8 Å². The Labute approximate surface area is 171 Å². The molecule has 6 atom stereocenters. The topological polar surface area (TPSA) is 73.8 Å². The predicted octanol–water partition coefficient (Wildman–Crippen LogP) is 1.76. The molecule has 0 spiro atoms. The van der Waals surface area contributed by atoms with E-state index < -0.39 is 0 Å². The van der Waals surface area contributed by atoms with Crippen LogP contribution in [0.25, 0.3) is 0 Å². The molecule has 2 N–H and O–H groups in total. The fourth-order valence-electron chi connectivity index (χ4n) is 5.50. The van der Waals surface area contributed by atoms with Gasteiger partial charge in [-0.2, -0.15) is 0 Å². The predicted molar refractivity (Wildman–Crippen MR) is 111 cm³/mol. The molecular weight excluding hydrogens is 364 g/mol. The number of rotatable bonds is 6. The third-order valence-electron chi connectivity index (χ3n) is 7.10. The summed E-state index contributed by atoms with van der Waals surface area (Å²) in [6, 6.07) is 10.6. The number of hydrogen-bond acceptors (Lipinski definition) is 3. The summed E-state index contributed by atoms with van der Waals surface area (Å²) in [5.41, 5.74) is 1.40. The van der Waals surface area contributed by atoms with Crippen LogP contribution in [0.3, 0.4) is 0 Å². The summed E-state index contributed by atoms with van der Waals surface area (Å²) in [4.78, 5) is 31.2. The first-order valence-electron chi connectivity index (χ1n) is 10.7. The molecule has 1 aromatic rings. The molecule has 6 unspecified atom stereocenters. The van der Waals surface area contributed by atoms with Crippen molar-refractivity contribution in [1.29, 1.82) is 0 Å². The van der Waals surface area contributed by atoms with Crippen LogP contribution in [0, 0.1) is 29.6 Å². The lowest BCUT2D eigenvalue weighted by Gasteiger charge is -2.18. The second-order valence-corrected chi connectivity index (χ2v) is 8.72. The molecule has 1 aliphatic heterocycles. The molecule has 4 aliphatic rings. The highest BCUT2D eigenvalue weighted by Crippen LogP contribution is 2.52. The van der Waals surface area contributed by atoms with E-state index in [1.807, 2.05) is 0 Å². The van der Waals surface area contributed by atoms with Gasteiger partial charge in [-0.15, -0.1) is 0 Å². The van der Waals surface area contributed by atoms with E-state index in [0.29, 0.717) is 24.9 Å². The van der Waals surface area contributed by atoms with Crippen LogP contribution in [0.15, 0.2) is 47.5 Å². The number of aliphatic imine (C=N–C) groups is 1. The van der Waals surface area contributed by atoms with Crippen LogP contribution in [0.5, 0.6) is 0 Å². The van der Waals surface area contributed by atoms with E-state index >= 15 is 0 Å². The van der Waals surface area contributed by atoms with E-state index in [1.54, 1.807) is 7.05 Å². The molecule has 0 aromatic heterocycles. The Balaban J connectivity index is 1.08. The lowest BCUT2D eigenvalue weighted by molar-refractivity contribution is -0.140. The van der Waals surface area contributed by atoms with Crippen molar-refractivity contribution >= 4 is 17.8 Å². The smallest absolute Gasteiger partial charge is 0.233 e. The first-order valence-corrected chi connectivity index (χ1v) is 10.7. The molecule has 2 bridgehead atoms. The van der Waals surface area contributed by atoms with E-state index in [2.05, 4.69) is 58.1 Å². The normalized spacial score (nSPS) is 34.7.